The molecule has 1 N–H and O–H groups in total. The Balaban J connectivity index is 2.67. The lowest BCUT2D eigenvalue weighted by atomic mass is 10.2. The highest BCUT2D eigenvalue weighted by Gasteiger charge is 2.11. The Morgan fingerprint density at radius 2 is 2.07 bits per heavy atom. The predicted molar refractivity (Wildman–Crippen MR) is 52.9 cm³/mol. The van der Waals surface area contributed by atoms with Crippen LogP contribution in [0.3, 0.4) is 0 Å². The van der Waals surface area contributed by atoms with Crippen LogP contribution in [0.25, 0.3) is 11.2 Å². The highest BCUT2D eigenvalue weighted by Crippen LogP contribution is 2.15. The second-order valence-corrected chi connectivity index (χ2v) is 3.55. The van der Waals surface area contributed by atoms with Gasteiger partial charge in [-0.05, 0) is 6.42 Å². The molecule has 2 heterocycles. The van der Waals surface area contributed by atoms with E-state index in [4.69, 9.17) is 0 Å². The molecule has 0 amide bonds. The maximum atomic E-state index is 4.46. The molecule has 0 aliphatic rings. The van der Waals surface area contributed by atoms with Crippen LogP contribution in [0.15, 0.2) is 0 Å². The van der Waals surface area contributed by atoms with Crippen LogP contribution in [0.5, 0.6) is 0 Å². The molecular weight excluding hydrogens is 178 g/mol. The number of rotatable bonds is 2. The lowest BCUT2D eigenvalue weighted by Crippen LogP contribution is -2.01. The maximum absolute atomic E-state index is 4.46. The summed E-state index contributed by atoms with van der Waals surface area (Å²) in [5, 5.41) is 10.5. The standard InChI is InChI=1S/C9H13N5/c1-4-6-7-9(13-14-12-7)11-8(10-6)5(2)3/h5H,4H2,1-3H3,(H,10,11,12,13,14). The molecule has 0 bridgehead atoms. The number of hydrogen-bond donors (Lipinski definition) is 1. The molecule has 0 aromatic carbocycles. The topological polar surface area (TPSA) is 67.3 Å². The van der Waals surface area contributed by atoms with E-state index in [-0.39, 0.29) is 0 Å². The van der Waals surface area contributed by atoms with Crippen molar-refractivity contribution in [1.29, 1.82) is 0 Å². The fourth-order valence-electron chi connectivity index (χ4n) is 1.33. The second kappa shape index (κ2) is 3.32. The largest absolute Gasteiger partial charge is 0.240 e. The van der Waals surface area contributed by atoms with Gasteiger partial charge in [0.15, 0.2) is 11.2 Å². The summed E-state index contributed by atoms with van der Waals surface area (Å²) in [5.41, 5.74) is 2.49. The zero-order valence-corrected chi connectivity index (χ0v) is 8.57. The van der Waals surface area contributed by atoms with Gasteiger partial charge < -0.3 is 0 Å². The van der Waals surface area contributed by atoms with E-state index in [1.165, 1.54) is 0 Å². The summed E-state index contributed by atoms with van der Waals surface area (Å²) in [4.78, 5) is 8.81. The third kappa shape index (κ3) is 1.34. The van der Waals surface area contributed by atoms with Crippen molar-refractivity contribution >= 4 is 11.2 Å². The van der Waals surface area contributed by atoms with E-state index in [2.05, 4.69) is 46.1 Å². The Morgan fingerprint density at radius 3 is 2.71 bits per heavy atom. The van der Waals surface area contributed by atoms with Gasteiger partial charge in [-0.1, -0.05) is 26.0 Å². The van der Waals surface area contributed by atoms with Crippen molar-refractivity contribution < 1.29 is 0 Å². The Hall–Kier alpha value is -1.52. The molecule has 0 saturated carbocycles. The van der Waals surface area contributed by atoms with Crippen molar-refractivity contribution in [2.75, 3.05) is 0 Å². The van der Waals surface area contributed by atoms with Gasteiger partial charge in [0.25, 0.3) is 0 Å². The van der Waals surface area contributed by atoms with Gasteiger partial charge in [0, 0.05) is 5.92 Å². The molecule has 0 aliphatic carbocycles. The van der Waals surface area contributed by atoms with E-state index in [1.807, 2.05) is 0 Å². The van der Waals surface area contributed by atoms with Crippen LogP contribution in [0.4, 0.5) is 0 Å². The minimum absolute atomic E-state index is 0.327. The number of H-pyrrole nitrogens is 1. The molecule has 0 radical (unpaired) electrons. The number of aromatic nitrogens is 5. The molecule has 2 rings (SSSR count). The lowest BCUT2D eigenvalue weighted by Gasteiger charge is -2.04. The average molecular weight is 191 g/mol. The maximum Gasteiger partial charge on any atom is 0.179 e. The van der Waals surface area contributed by atoms with E-state index in [0.29, 0.717) is 5.92 Å². The molecule has 2 aromatic heterocycles. The molecule has 2 aromatic rings. The van der Waals surface area contributed by atoms with Crippen molar-refractivity contribution in [2.24, 2.45) is 0 Å². The molecule has 74 valence electrons. The summed E-state index contributed by atoms with van der Waals surface area (Å²) in [7, 11) is 0. The van der Waals surface area contributed by atoms with Gasteiger partial charge in [-0.25, -0.2) is 15.1 Å². The molecule has 0 unspecified atom stereocenters. The molecule has 0 saturated heterocycles. The number of hydrogen-bond acceptors (Lipinski definition) is 4. The minimum Gasteiger partial charge on any atom is -0.240 e. The van der Waals surface area contributed by atoms with Crippen molar-refractivity contribution in [1.82, 2.24) is 25.4 Å². The quantitative estimate of drug-likeness (QED) is 0.779. The molecular formula is C9H13N5. The Labute approximate surface area is 82.0 Å². The van der Waals surface area contributed by atoms with Gasteiger partial charge in [-0.3, -0.25) is 0 Å². The van der Waals surface area contributed by atoms with Gasteiger partial charge >= 0.3 is 0 Å². The van der Waals surface area contributed by atoms with Gasteiger partial charge in [0.05, 0.1) is 5.69 Å². The molecule has 0 atom stereocenters. The molecule has 0 fully saturated rings. The highest BCUT2D eigenvalue weighted by atomic mass is 15.3. The fourth-order valence-corrected chi connectivity index (χ4v) is 1.33. The molecule has 5 nitrogen and oxygen atoms in total. The van der Waals surface area contributed by atoms with Crippen LogP contribution in [0, 0.1) is 0 Å². The van der Waals surface area contributed by atoms with Crippen LogP contribution in [-0.4, -0.2) is 25.4 Å². The van der Waals surface area contributed by atoms with Gasteiger partial charge in [0.2, 0.25) is 0 Å². The van der Waals surface area contributed by atoms with Crippen LogP contribution >= 0.6 is 0 Å². The number of nitrogens with one attached hydrogen (secondary N) is 1. The monoisotopic (exact) mass is 191 g/mol. The highest BCUT2D eigenvalue weighted by molar-refractivity contribution is 5.71. The summed E-state index contributed by atoms with van der Waals surface area (Å²) in [5.74, 6) is 1.17. The minimum atomic E-state index is 0.327. The van der Waals surface area contributed by atoms with E-state index >= 15 is 0 Å². The molecule has 14 heavy (non-hydrogen) atoms. The first-order valence-electron chi connectivity index (χ1n) is 4.80. The van der Waals surface area contributed by atoms with E-state index in [9.17, 15) is 0 Å². The van der Waals surface area contributed by atoms with Gasteiger partial charge in [0.1, 0.15) is 5.82 Å². The Morgan fingerprint density at radius 1 is 1.29 bits per heavy atom. The predicted octanol–water partition coefficient (Wildman–Crippen LogP) is 1.43. The van der Waals surface area contributed by atoms with Crippen molar-refractivity contribution in [2.45, 2.75) is 33.1 Å². The first-order chi connectivity index (χ1) is 6.72. The van der Waals surface area contributed by atoms with Crippen molar-refractivity contribution in [3.05, 3.63) is 11.5 Å². The fraction of sp³-hybridized carbons (Fsp3) is 0.556. The van der Waals surface area contributed by atoms with Crippen molar-refractivity contribution in [3.63, 3.8) is 0 Å². The lowest BCUT2D eigenvalue weighted by molar-refractivity contribution is 0.767. The van der Waals surface area contributed by atoms with E-state index in [0.717, 1.165) is 29.1 Å². The summed E-state index contributed by atoms with van der Waals surface area (Å²) in [6.45, 7) is 6.20. The third-order valence-corrected chi connectivity index (χ3v) is 2.13. The summed E-state index contributed by atoms with van der Waals surface area (Å²) >= 11 is 0. The second-order valence-electron chi connectivity index (χ2n) is 3.55. The average Bonchev–Trinajstić information content (AvgIpc) is 2.63. The summed E-state index contributed by atoms with van der Waals surface area (Å²) in [6, 6.07) is 0. The van der Waals surface area contributed by atoms with Crippen LogP contribution in [0.2, 0.25) is 0 Å². The number of nitrogens with zero attached hydrogens (tertiary/aromatic N) is 4. The first kappa shape index (κ1) is 9.05. The van der Waals surface area contributed by atoms with Gasteiger partial charge in [-0.2, -0.15) is 0 Å². The van der Waals surface area contributed by atoms with Crippen molar-refractivity contribution in [3.8, 4) is 0 Å². The summed E-state index contributed by atoms with van der Waals surface area (Å²) in [6.07, 6.45) is 0.852. The molecule has 0 aliphatic heterocycles. The summed E-state index contributed by atoms with van der Waals surface area (Å²) < 4.78 is 0. The zero-order chi connectivity index (χ0) is 10.1. The number of aromatic amines is 1. The van der Waals surface area contributed by atoms with E-state index in [1.54, 1.807) is 0 Å². The van der Waals surface area contributed by atoms with Crippen LogP contribution in [0.1, 0.15) is 38.2 Å². The Kier molecular flexibility index (Phi) is 2.15. The Bertz CT molecular complexity index is 445. The normalized spacial score (nSPS) is 11.4. The number of fused-ring (bicyclic) bond motifs is 1. The van der Waals surface area contributed by atoms with E-state index < -0.39 is 0 Å². The number of aryl methyl sites for hydroxylation is 1. The van der Waals surface area contributed by atoms with Crippen LogP contribution < -0.4 is 0 Å². The smallest absolute Gasteiger partial charge is 0.179 e. The third-order valence-electron chi connectivity index (χ3n) is 2.13. The zero-order valence-electron chi connectivity index (χ0n) is 8.57. The molecule has 0 spiro atoms. The SMILES string of the molecule is CCc1nc(C(C)C)nc2[nH]nnc12. The molecule has 5 heteroatoms. The van der Waals surface area contributed by atoms with Crippen LogP contribution in [-0.2, 0) is 6.42 Å². The first-order valence-corrected chi connectivity index (χ1v) is 4.80. The van der Waals surface area contributed by atoms with Gasteiger partial charge in [-0.15, -0.1) is 5.10 Å².